The summed E-state index contributed by atoms with van der Waals surface area (Å²) in [4.78, 5) is 16.3. The Morgan fingerprint density at radius 1 is 1.48 bits per heavy atom. The van der Waals surface area contributed by atoms with Crippen LogP contribution in [-0.4, -0.2) is 33.1 Å². The van der Waals surface area contributed by atoms with E-state index >= 15 is 0 Å². The molecule has 0 atom stereocenters. The molecule has 0 aromatic carbocycles. The Hall–Kier alpha value is -0.720. The van der Waals surface area contributed by atoms with Crippen molar-refractivity contribution in [3.63, 3.8) is 0 Å². The molecule has 2 aromatic heterocycles. The number of nitrogens with zero attached hydrogens (tertiary/aromatic N) is 1. The fraction of sp³-hybridized carbons (Fsp3) is 0.273. The van der Waals surface area contributed by atoms with E-state index in [-0.39, 0.29) is 9.34 Å². The van der Waals surface area contributed by atoms with Gasteiger partial charge in [-0.1, -0.05) is 22.9 Å². The fourth-order valence-electron chi connectivity index (χ4n) is 1.49. The van der Waals surface area contributed by atoms with Crippen molar-refractivity contribution in [3.05, 3.63) is 25.9 Å². The lowest BCUT2D eigenvalue weighted by molar-refractivity contribution is 0.203. The number of hydrogen-bond donors (Lipinski definition) is 2. The Balaban J connectivity index is 2.07. The Morgan fingerprint density at radius 2 is 2.22 bits per heavy atom. The molecule has 2 aromatic rings. The summed E-state index contributed by atoms with van der Waals surface area (Å²) in [5.41, 5.74) is 0. The molecule has 0 bridgehead atoms. The van der Waals surface area contributed by atoms with Crippen LogP contribution in [0.15, 0.2) is 20.3 Å². The molecular weight excluding hydrogens is 450 g/mol. The molecule has 2 heterocycles. The topological polar surface area (TPSA) is 97.4 Å². The smallest absolute Gasteiger partial charge is 0.334 e. The third-order valence-electron chi connectivity index (χ3n) is 2.46. The van der Waals surface area contributed by atoms with Crippen molar-refractivity contribution in [3.8, 4) is 0 Å². The van der Waals surface area contributed by atoms with Gasteiger partial charge in [-0.05, 0) is 22.0 Å². The van der Waals surface area contributed by atoms with Crippen LogP contribution in [0.1, 0.15) is 4.88 Å². The first-order valence-electron chi connectivity index (χ1n) is 6.04. The lowest BCUT2D eigenvalue weighted by Crippen LogP contribution is -2.33. The maximum absolute atomic E-state index is 12.2. The second kappa shape index (κ2) is 7.90. The number of hydrogen-bond acceptors (Lipinski definition) is 7. The molecule has 0 spiro atoms. The quantitative estimate of drug-likeness (QED) is 0.689. The Labute approximate surface area is 154 Å². The molecule has 2 rings (SSSR count). The van der Waals surface area contributed by atoms with E-state index in [9.17, 15) is 13.2 Å². The number of thiophene rings is 1. The maximum Gasteiger partial charge on any atom is 0.334 e. The normalized spacial score (nSPS) is 11.4. The zero-order chi connectivity index (χ0) is 17.0. The second-order valence-electron chi connectivity index (χ2n) is 4.11. The number of anilines is 1. The SMILES string of the molecule is COCCc1sc(S(=O)(=O)NC(=O)Nc2ncc(Br)s2)cc1Cl. The van der Waals surface area contributed by atoms with Crippen molar-refractivity contribution in [2.24, 2.45) is 0 Å². The first-order chi connectivity index (χ1) is 10.8. The van der Waals surface area contributed by atoms with Crippen LogP contribution < -0.4 is 10.0 Å². The Kier molecular flexibility index (Phi) is 6.40. The van der Waals surface area contributed by atoms with Crippen molar-refractivity contribution in [1.29, 1.82) is 0 Å². The first-order valence-corrected chi connectivity index (χ1v) is 10.3. The van der Waals surface area contributed by atoms with Gasteiger partial charge in [0.15, 0.2) is 5.13 Å². The van der Waals surface area contributed by atoms with Crippen LogP contribution in [0.3, 0.4) is 0 Å². The highest BCUT2D eigenvalue weighted by molar-refractivity contribution is 9.11. The molecule has 7 nitrogen and oxygen atoms in total. The van der Waals surface area contributed by atoms with Crippen molar-refractivity contribution in [2.45, 2.75) is 10.6 Å². The minimum Gasteiger partial charge on any atom is -0.384 e. The van der Waals surface area contributed by atoms with Gasteiger partial charge in [0.2, 0.25) is 0 Å². The zero-order valence-corrected chi connectivity index (χ0v) is 16.4. The van der Waals surface area contributed by atoms with Crippen LogP contribution in [0, 0.1) is 0 Å². The summed E-state index contributed by atoms with van der Waals surface area (Å²) in [6.45, 7) is 0.423. The molecule has 126 valence electrons. The van der Waals surface area contributed by atoms with E-state index in [0.717, 1.165) is 22.7 Å². The van der Waals surface area contributed by atoms with Crippen molar-refractivity contribution < 1.29 is 17.9 Å². The summed E-state index contributed by atoms with van der Waals surface area (Å²) < 4.78 is 31.9. The monoisotopic (exact) mass is 459 g/mol. The molecule has 0 saturated carbocycles. The predicted octanol–water partition coefficient (Wildman–Crippen LogP) is 3.32. The van der Waals surface area contributed by atoms with Gasteiger partial charge in [-0.25, -0.2) is 22.9 Å². The zero-order valence-electron chi connectivity index (χ0n) is 11.6. The molecule has 0 radical (unpaired) electrons. The lowest BCUT2D eigenvalue weighted by Gasteiger charge is -2.04. The Morgan fingerprint density at radius 3 is 2.83 bits per heavy atom. The standard InChI is InChI=1S/C11H11BrClN3O4S3/c1-20-3-2-7-6(13)4-9(21-7)23(18,19)16-10(17)15-11-14-5-8(12)22-11/h4-5H,2-3H2,1H3,(H2,14,15,16,17). The number of carbonyl (C=O) groups excluding carboxylic acids is 1. The molecular formula is C11H11BrClN3O4S3. The van der Waals surface area contributed by atoms with Gasteiger partial charge < -0.3 is 4.74 Å². The van der Waals surface area contributed by atoms with Gasteiger partial charge in [0.1, 0.15) is 4.21 Å². The van der Waals surface area contributed by atoms with Gasteiger partial charge in [0.05, 0.1) is 21.6 Å². The van der Waals surface area contributed by atoms with Crippen molar-refractivity contribution in [1.82, 2.24) is 9.71 Å². The molecule has 0 unspecified atom stereocenters. The molecule has 0 aliphatic heterocycles. The predicted molar refractivity (Wildman–Crippen MR) is 94.1 cm³/mol. The molecule has 0 saturated heterocycles. The summed E-state index contributed by atoms with van der Waals surface area (Å²) in [6, 6.07) is 0.419. The molecule has 2 amide bonds. The second-order valence-corrected chi connectivity index (χ2v) is 9.97. The minimum atomic E-state index is -4.00. The largest absolute Gasteiger partial charge is 0.384 e. The Bertz CT molecular complexity index is 805. The van der Waals surface area contributed by atoms with E-state index < -0.39 is 16.1 Å². The number of nitrogens with one attached hydrogen (secondary N) is 2. The van der Waals surface area contributed by atoms with E-state index in [0.29, 0.717) is 26.7 Å². The van der Waals surface area contributed by atoms with Crippen LogP contribution in [-0.2, 0) is 21.2 Å². The summed E-state index contributed by atoms with van der Waals surface area (Å²) in [5.74, 6) is 0. The average Bonchev–Trinajstić information content (AvgIpc) is 3.02. The molecule has 0 fully saturated rings. The highest BCUT2D eigenvalue weighted by Gasteiger charge is 2.22. The first kappa shape index (κ1) is 18.6. The number of thiazole rings is 1. The molecule has 0 aliphatic rings. The van der Waals surface area contributed by atoms with Gasteiger partial charge in [0.25, 0.3) is 10.0 Å². The average molecular weight is 461 g/mol. The van der Waals surface area contributed by atoms with E-state index in [1.54, 1.807) is 7.11 Å². The number of carbonyl (C=O) groups is 1. The molecule has 0 aliphatic carbocycles. The van der Waals surface area contributed by atoms with Gasteiger partial charge in [-0.3, -0.25) is 5.32 Å². The molecule has 2 N–H and O–H groups in total. The van der Waals surface area contributed by atoms with E-state index in [4.69, 9.17) is 16.3 Å². The van der Waals surface area contributed by atoms with Crippen LogP contribution in [0.2, 0.25) is 5.02 Å². The van der Waals surface area contributed by atoms with Crippen molar-refractivity contribution >= 4 is 71.4 Å². The number of methoxy groups -OCH3 is 1. The summed E-state index contributed by atoms with van der Waals surface area (Å²) in [5, 5.41) is 2.95. The third kappa shape index (κ3) is 5.13. The van der Waals surface area contributed by atoms with Gasteiger partial charge >= 0.3 is 6.03 Å². The van der Waals surface area contributed by atoms with Crippen molar-refractivity contribution in [2.75, 3.05) is 19.0 Å². The summed E-state index contributed by atoms with van der Waals surface area (Å²) in [7, 11) is -2.46. The maximum atomic E-state index is 12.2. The fourth-order valence-corrected chi connectivity index (χ4v) is 5.33. The van der Waals surface area contributed by atoms with Crippen LogP contribution in [0.25, 0.3) is 0 Å². The van der Waals surface area contributed by atoms with E-state index in [1.165, 1.54) is 12.3 Å². The van der Waals surface area contributed by atoms with Gasteiger partial charge in [-0.15, -0.1) is 11.3 Å². The van der Waals surface area contributed by atoms with E-state index in [1.807, 2.05) is 4.72 Å². The molecule has 23 heavy (non-hydrogen) atoms. The highest BCUT2D eigenvalue weighted by Crippen LogP contribution is 2.30. The number of sulfonamides is 1. The highest BCUT2D eigenvalue weighted by atomic mass is 79.9. The van der Waals surface area contributed by atoms with Gasteiger partial charge in [0, 0.05) is 18.4 Å². The lowest BCUT2D eigenvalue weighted by atomic mass is 10.4. The third-order valence-corrected chi connectivity index (χ3v) is 7.30. The number of urea groups is 1. The minimum absolute atomic E-state index is 0.0379. The van der Waals surface area contributed by atoms with E-state index in [2.05, 4.69) is 26.2 Å². The molecule has 12 heteroatoms. The summed E-state index contributed by atoms with van der Waals surface area (Å²) >= 11 is 11.4. The number of aromatic nitrogens is 1. The number of rotatable bonds is 6. The number of ether oxygens (including phenoxy) is 1. The van der Waals surface area contributed by atoms with Crippen LogP contribution in [0.4, 0.5) is 9.93 Å². The number of amides is 2. The number of halogens is 2. The van der Waals surface area contributed by atoms with Crippen LogP contribution in [0.5, 0.6) is 0 Å². The summed E-state index contributed by atoms with van der Waals surface area (Å²) in [6.07, 6.45) is 1.99. The van der Waals surface area contributed by atoms with Gasteiger partial charge in [-0.2, -0.15) is 0 Å². The van der Waals surface area contributed by atoms with Crippen LogP contribution >= 0.6 is 50.2 Å².